The first-order chi connectivity index (χ1) is 9.43. The molecular weight excluding hydrogens is 284 g/mol. The van der Waals surface area contributed by atoms with E-state index in [0.717, 1.165) is 0 Å². The molecule has 1 unspecified atom stereocenters. The SMILES string of the molecule is COCCCC(NC(=O)c1cc(N)cc(Cl)c1)C(=O)O. The standard InChI is InChI=1S/C13H17ClN2O4/c1-20-4-2-3-11(13(18)19)16-12(17)8-5-9(14)7-10(15)6-8/h5-7,11H,2-4,15H2,1H3,(H,16,17)(H,18,19). The van der Waals surface area contributed by atoms with Crippen molar-refractivity contribution in [2.45, 2.75) is 18.9 Å². The summed E-state index contributed by atoms with van der Waals surface area (Å²) in [5.41, 5.74) is 6.16. The third-order valence-corrected chi connectivity index (χ3v) is 2.85. The van der Waals surface area contributed by atoms with Gasteiger partial charge in [0.1, 0.15) is 6.04 Å². The fourth-order valence-electron chi connectivity index (χ4n) is 1.67. The van der Waals surface area contributed by atoms with Gasteiger partial charge in [0.05, 0.1) is 0 Å². The van der Waals surface area contributed by atoms with Crippen molar-refractivity contribution in [2.24, 2.45) is 0 Å². The minimum absolute atomic E-state index is 0.230. The number of benzene rings is 1. The van der Waals surface area contributed by atoms with Crippen molar-refractivity contribution in [1.82, 2.24) is 5.32 Å². The molecule has 1 aromatic rings. The number of anilines is 1. The maximum absolute atomic E-state index is 12.0. The number of nitrogen functional groups attached to an aromatic ring is 1. The van der Waals surface area contributed by atoms with Crippen LogP contribution in [0, 0.1) is 0 Å². The molecule has 0 fully saturated rings. The van der Waals surface area contributed by atoms with E-state index < -0.39 is 17.9 Å². The number of carbonyl (C=O) groups is 2. The van der Waals surface area contributed by atoms with Gasteiger partial charge < -0.3 is 20.9 Å². The summed E-state index contributed by atoms with van der Waals surface area (Å²) in [6.45, 7) is 0.434. The van der Waals surface area contributed by atoms with Crippen LogP contribution in [0.3, 0.4) is 0 Å². The topological polar surface area (TPSA) is 102 Å². The maximum atomic E-state index is 12.0. The number of ether oxygens (including phenoxy) is 1. The van der Waals surface area contributed by atoms with E-state index in [1.165, 1.54) is 25.3 Å². The Morgan fingerprint density at radius 3 is 2.70 bits per heavy atom. The molecule has 20 heavy (non-hydrogen) atoms. The molecule has 0 radical (unpaired) electrons. The average molecular weight is 301 g/mol. The lowest BCUT2D eigenvalue weighted by Crippen LogP contribution is -2.40. The van der Waals surface area contributed by atoms with E-state index in [9.17, 15) is 9.59 Å². The van der Waals surface area contributed by atoms with Gasteiger partial charge in [-0.15, -0.1) is 0 Å². The van der Waals surface area contributed by atoms with Crippen LogP contribution in [0.25, 0.3) is 0 Å². The van der Waals surface area contributed by atoms with Gasteiger partial charge >= 0.3 is 5.97 Å². The quantitative estimate of drug-likeness (QED) is 0.523. The molecule has 0 aromatic heterocycles. The van der Waals surface area contributed by atoms with Gasteiger partial charge in [0.15, 0.2) is 0 Å². The van der Waals surface area contributed by atoms with E-state index in [2.05, 4.69) is 5.32 Å². The lowest BCUT2D eigenvalue weighted by molar-refractivity contribution is -0.139. The zero-order valence-corrected chi connectivity index (χ0v) is 11.8. The first kappa shape index (κ1) is 16.3. The molecule has 1 rings (SSSR count). The monoisotopic (exact) mass is 300 g/mol. The molecule has 0 saturated heterocycles. The fourth-order valence-corrected chi connectivity index (χ4v) is 1.92. The number of nitrogens with two attached hydrogens (primary N) is 1. The third-order valence-electron chi connectivity index (χ3n) is 2.63. The number of aliphatic carboxylic acids is 1. The van der Waals surface area contributed by atoms with Gasteiger partial charge in [0.2, 0.25) is 0 Å². The summed E-state index contributed by atoms with van der Waals surface area (Å²) < 4.78 is 4.85. The summed E-state index contributed by atoms with van der Waals surface area (Å²) in [7, 11) is 1.53. The Morgan fingerprint density at radius 2 is 2.15 bits per heavy atom. The molecule has 1 aromatic carbocycles. The Hall–Kier alpha value is -1.79. The highest BCUT2D eigenvalue weighted by Gasteiger charge is 2.20. The minimum atomic E-state index is -1.09. The Kier molecular flexibility index (Phi) is 6.27. The summed E-state index contributed by atoms with van der Waals surface area (Å²) in [5.74, 6) is -1.62. The second-order valence-electron chi connectivity index (χ2n) is 4.27. The van der Waals surface area contributed by atoms with Crippen molar-refractivity contribution >= 4 is 29.2 Å². The highest BCUT2D eigenvalue weighted by Crippen LogP contribution is 2.16. The van der Waals surface area contributed by atoms with Crippen molar-refractivity contribution in [2.75, 3.05) is 19.5 Å². The van der Waals surface area contributed by atoms with E-state index in [1.54, 1.807) is 0 Å². The van der Waals surface area contributed by atoms with Crippen LogP contribution in [0.2, 0.25) is 5.02 Å². The second-order valence-corrected chi connectivity index (χ2v) is 4.71. The average Bonchev–Trinajstić information content (AvgIpc) is 2.36. The molecule has 0 aliphatic carbocycles. The van der Waals surface area contributed by atoms with Crippen LogP contribution in [-0.2, 0) is 9.53 Å². The molecule has 6 nitrogen and oxygen atoms in total. The van der Waals surface area contributed by atoms with Gasteiger partial charge in [-0.2, -0.15) is 0 Å². The number of methoxy groups -OCH3 is 1. The largest absolute Gasteiger partial charge is 0.480 e. The van der Waals surface area contributed by atoms with E-state index in [0.29, 0.717) is 23.7 Å². The van der Waals surface area contributed by atoms with Gasteiger partial charge in [-0.25, -0.2) is 4.79 Å². The Balaban J connectivity index is 2.72. The van der Waals surface area contributed by atoms with Gasteiger partial charge in [-0.05, 0) is 31.0 Å². The molecule has 0 bridgehead atoms. The van der Waals surface area contributed by atoms with Crippen molar-refractivity contribution in [3.05, 3.63) is 28.8 Å². The summed E-state index contributed by atoms with van der Waals surface area (Å²) in [6.07, 6.45) is 0.816. The summed E-state index contributed by atoms with van der Waals surface area (Å²) >= 11 is 5.80. The van der Waals surface area contributed by atoms with Crippen LogP contribution < -0.4 is 11.1 Å². The fraction of sp³-hybridized carbons (Fsp3) is 0.385. The number of hydrogen-bond donors (Lipinski definition) is 3. The molecule has 7 heteroatoms. The minimum Gasteiger partial charge on any atom is -0.480 e. The van der Waals surface area contributed by atoms with Crippen LogP contribution in [0.1, 0.15) is 23.2 Å². The zero-order chi connectivity index (χ0) is 15.1. The van der Waals surface area contributed by atoms with E-state index >= 15 is 0 Å². The van der Waals surface area contributed by atoms with Crippen molar-refractivity contribution in [3.8, 4) is 0 Å². The predicted octanol–water partition coefficient (Wildman–Crippen LogP) is 1.53. The van der Waals surface area contributed by atoms with Gasteiger partial charge in [-0.1, -0.05) is 11.6 Å². The molecular formula is C13H17ClN2O4. The number of amides is 1. The maximum Gasteiger partial charge on any atom is 0.326 e. The summed E-state index contributed by atoms with van der Waals surface area (Å²) in [4.78, 5) is 23.1. The highest BCUT2D eigenvalue weighted by molar-refractivity contribution is 6.31. The highest BCUT2D eigenvalue weighted by atomic mass is 35.5. The first-order valence-electron chi connectivity index (χ1n) is 6.02. The number of carbonyl (C=O) groups excluding carboxylic acids is 1. The lowest BCUT2D eigenvalue weighted by atomic mass is 10.1. The second kappa shape index (κ2) is 7.72. The van der Waals surface area contributed by atoms with Crippen molar-refractivity contribution in [3.63, 3.8) is 0 Å². The molecule has 0 aliphatic rings. The zero-order valence-electron chi connectivity index (χ0n) is 11.1. The van der Waals surface area contributed by atoms with E-state index in [4.69, 9.17) is 27.2 Å². The van der Waals surface area contributed by atoms with Gasteiger partial charge in [0, 0.05) is 30.0 Å². The summed E-state index contributed by atoms with van der Waals surface area (Å²) in [6, 6.07) is 3.40. The van der Waals surface area contributed by atoms with Gasteiger partial charge in [-0.3, -0.25) is 4.79 Å². The number of carboxylic acids is 1. The molecule has 110 valence electrons. The summed E-state index contributed by atoms with van der Waals surface area (Å²) in [5, 5.41) is 11.8. The molecule has 1 amide bonds. The van der Waals surface area contributed by atoms with Crippen LogP contribution in [0.5, 0.6) is 0 Å². The number of halogens is 1. The first-order valence-corrected chi connectivity index (χ1v) is 6.40. The molecule has 0 saturated carbocycles. The number of carboxylic acid groups (broad SMARTS) is 1. The molecule has 0 heterocycles. The lowest BCUT2D eigenvalue weighted by Gasteiger charge is -2.14. The van der Waals surface area contributed by atoms with E-state index in [-0.39, 0.29) is 12.0 Å². The van der Waals surface area contributed by atoms with Crippen molar-refractivity contribution in [1.29, 1.82) is 0 Å². The van der Waals surface area contributed by atoms with Crippen LogP contribution >= 0.6 is 11.6 Å². The Bertz CT molecular complexity index is 473. The molecule has 4 N–H and O–H groups in total. The predicted molar refractivity (Wildman–Crippen MR) is 75.9 cm³/mol. The Labute approximate surface area is 121 Å². The Morgan fingerprint density at radius 1 is 1.45 bits per heavy atom. The van der Waals surface area contributed by atoms with Gasteiger partial charge in [0.25, 0.3) is 5.91 Å². The normalized spacial score (nSPS) is 11.9. The number of hydrogen-bond acceptors (Lipinski definition) is 4. The van der Waals surface area contributed by atoms with Crippen molar-refractivity contribution < 1.29 is 19.4 Å². The van der Waals surface area contributed by atoms with Crippen LogP contribution in [-0.4, -0.2) is 36.7 Å². The molecule has 0 spiro atoms. The van der Waals surface area contributed by atoms with E-state index in [1.807, 2.05) is 0 Å². The smallest absolute Gasteiger partial charge is 0.326 e. The number of nitrogens with one attached hydrogen (secondary N) is 1. The molecule has 1 atom stereocenters. The molecule has 0 aliphatic heterocycles. The van der Waals surface area contributed by atoms with Crippen LogP contribution in [0.15, 0.2) is 18.2 Å². The third kappa shape index (κ3) is 5.07. The number of rotatable bonds is 7. The van der Waals surface area contributed by atoms with Crippen LogP contribution in [0.4, 0.5) is 5.69 Å².